The quantitative estimate of drug-likeness (QED) is 0.836. The Morgan fingerprint density at radius 2 is 1.84 bits per heavy atom. The van der Waals surface area contributed by atoms with E-state index in [1.807, 2.05) is 0 Å². The Hall–Kier alpha value is -1.80. The molecule has 25 heavy (non-hydrogen) atoms. The molecule has 3 N–H and O–H groups in total. The summed E-state index contributed by atoms with van der Waals surface area (Å²) >= 11 is 5.83. The van der Waals surface area contributed by atoms with Crippen LogP contribution in [0.15, 0.2) is 47.4 Å². The molecule has 1 heterocycles. The number of ether oxygens (including phenoxy) is 2. The molecule has 0 radical (unpaired) electrons. The van der Waals surface area contributed by atoms with Gasteiger partial charge in [-0.1, -0.05) is 17.7 Å². The fraction of sp³-hybridized carbons (Fsp3) is 0.294. The molecule has 0 unspecified atom stereocenters. The first-order chi connectivity index (χ1) is 11.9. The molecule has 8 heteroatoms. The van der Waals surface area contributed by atoms with Gasteiger partial charge in [-0.15, -0.1) is 0 Å². The minimum absolute atomic E-state index is 0.129. The molecule has 0 bridgehead atoms. The van der Waals surface area contributed by atoms with Crippen LogP contribution in [-0.4, -0.2) is 37.7 Å². The SMILES string of the molecule is N[C@]1(CO)[C@H](c2ccc3c(c2)OCO3)[C@H]1S(=O)(=O)c1ccc(Cl)cc1. The normalized spacial score (nSPS) is 27.3. The first-order valence-electron chi connectivity index (χ1n) is 7.66. The molecule has 6 nitrogen and oxygen atoms in total. The summed E-state index contributed by atoms with van der Waals surface area (Å²) in [7, 11) is -3.73. The number of nitrogens with two attached hydrogens (primary N) is 1. The number of halogens is 1. The van der Waals surface area contributed by atoms with Gasteiger partial charge >= 0.3 is 0 Å². The lowest BCUT2D eigenvalue weighted by molar-refractivity contribution is 0.174. The average molecular weight is 382 g/mol. The van der Waals surface area contributed by atoms with E-state index in [4.69, 9.17) is 26.8 Å². The zero-order valence-corrected chi connectivity index (χ0v) is 14.6. The van der Waals surface area contributed by atoms with Crippen LogP contribution < -0.4 is 15.2 Å². The van der Waals surface area contributed by atoms with Crippen molar-refractivity contribution in [3.63, 3.8) is 0 Å². The summed E-state index contributed by atoms with van der Waals surface area (Å²) in [6.45, 7) is -0.312. The van der Waals surface area contributed by atoms with Crippen molar-refractivity contribution in [3.05, 3.63) is 53.1 Å². The van der Waals surface area contributed by atoms with Crippen molar-refractivity contribution in [1.82, 2.24) is 0 Å². The highest BCUT2D eigenvalue weighted by Crippen LogP contribution is 2.56. The molecule has 1 aliphatic carbocycles. The van der Waals surface area contributed by atoms with Crippen LogP contribution in [0.25, 0.3) is 0 Å². The van der Waals surface area contributed by atoms with Crippen molar-refractivity contribution in [3.8, 4) is 11.5 Å². The minimum Gasteiger partial charge on any atom is -0.454 e. The van der Waals surface area contributed by atoms with Crippen LogP contribution in [-0.2, 0) is 9.84 Å². The largest absolute Gasteiger partial charge is 0.454 e. The van der Waals surface area contributed by atoms with Gasteiger partial charge in [-0.3, -0.25) is 0 Å². The molecule has 0 amide bonds. The number of aliphatic hydroxyl groups is 1. The summed E-state index contributed by atoms with van der Waals surface area (Å²) in [5.41, 5.74) is 5.69. The maximum absolute atomic E-state index is 13.0. The molecule has 2 aromatic carbocycles. The van der Waals surface area contributed by atoms with Gasteiger partial charge in [0.15, 0.2) is 21.3 Å². The van der Waals surface area contributed by atoms with Crippen LogP contribution in [0.2, 0.25) is 5.02 Å². The molecule has 1 fully saturated rings. The third kappa shape index (κ3) is 2.50. The third-order valence-electron chi connectivity index (χ3n) is 4.81. The lowest BCUT2D eigenvalue weighted by Gasteiger charge is -2.08. The molecular weight excluding hydrogens is 366 g/mol. The Labute approximate surface area is 150 Å². The van der Waals surface area contributed by atoms with Crippen LogP contribution in [0.3, 0.4) is 0 Å². The Kier molecular flexibility index (Phi) is 3.73. The molecule has 0 saturated heterocycles. The van der Waals surface area contributed by atoms with Crippen LogP contribution in [0, 0.1) is 0 Å². The molecule has 0 spiro atoms. The van der Waals surface area contributed by atoms with Gasteiger partial charge in [-0.25, -0.2) is 8.42 Å². The van der Waals surface area contributed by atoms with Gasteiger partial charge < -0.3 is 20.3 Å². The van der Waals surface area contributed by atoms with Crippen LogP contribution in [0.5, 0.6) is 11.5 Å². The van der Waals surface area contributed by atoms with E-state index in [0.717, 1.165) is 0 Å². The molecule has 4 rings (SSSR count). The minimum atomic E-state index is -3.73. The summed E-state index contributed by atoms with van der Waals surface area (Å²) in [5, 5.41) is 9.27. The van der Waals surface area contributed by atoms with Crippen molar-refractivity contribution in [2.24, 2.45) is 5.73 Å². The van der Waals surface area contributed by atoms with Gasteiger partial charge in [0, 0.05) is 10.9 Å². The summed E-state index contributed by atoms with van der Waals surface area (Å²) in [6.07, 6.45) is 0. The van der Waals surface area contributed by atoms with E-state index in [1.165, 1.54) is 24.3 Å². The third-order valence-corrected chi connectivity index (χ3v) is 7.37. The molecule has 1 aliphatic heterocycles. The lowest BCUT2D eigenvalue weighted by Crippen LogP contribution is -2.35. The zero-order valence-electron chi connectivity index (χ0n) is 13.1. The monoisotopic (exact) mass is 381 g/mol. The second-order valence-corrected chi connectivity index (χ2v) is 8.79. The van der Waals surface area contributed by atoms with E-state index in [-0.39, 0.29) is 11.7 Å². The molecule has 132 valence electrons. The fourth-order valence-corrected chi connectivity index (χ4v) is 5.87. The second-order valence-electron chi connectivity index (χ2n) is 6.28. The van der Waals surface area contributed by atoms with E-state index < -0.39 is 33.2 Å². The topological polar surface area (TPSA) is 98.8 Å². The van der Waals surface area contributed by atoms with Crippen molar-refractivity contribution < 1.29 is 23.0 Å². The van der Waals surface area contributed by atoms with Crippen molar-refractivity contribution in [1.29, 1.82) is 0 Å². The van der Waals surface area contributed by atoms with Crippen molar-refractivity contribution in [2.75, 3.05) is 13.4 Å². The Bertz CT molecular complexity index is 931. The van der Waals surface area contributed by atoms with Crippen molar-refractivity contribution >= 4 is 21.4 Å². The predicted molar refractivity (Wildman–Crippen MR) is 91.7 cm³/mol. The fourth-order valence-electron chi connectivity index (χ4n) is 3.44. The highest BCUT2D eigenvalue weighted by atomic mass is 35.5. The Balaban J connectivity index is 1.73. The first kappa shape index (κ1) is 16.7. The van der Waals surface area contributed by atoms with Crippen molar-refractivity contribution in [2.45, 2.75) is 21.6 Å². The van der Waals surface area contributed by atoms with E-state index in [9.17, 15) is 13.5 Å². The smallest absolute Gasteiger partial charge is 0.231 e. The van der Waals surface area contributed by atoms with Gasteiger partial charge in [-0.2, -0.15) is 0 Å². The van der Waals surface area contributed by atoms with Crippen LogP contribution in [0.4, 0.5) is 0 Å². The maximum Gasteiger partial charge on any atom is 0.231 e. The Morgan fingerprint density at radius 3 is 2.52 bits per heavy atom. The molecule has 0 aromatic heterocycles. The summed E-state index contributed by atoms with van der Waals surface area (Å²) in [6, 6.07) is 11.1. The van der Waals surface area contributed by atoms with E-state index in [1.54, 1.807) is 18.2 Å². The number of hydrogen-bond acceptors (Lipinski definition) is 6. The van der Waals surface area contributed by atoms with E-state index >= 15 is 0 Å². The first-order valence-corrected chi connectivity index (χ1v) is 9.59. The second kappa shape index (κ2) is 5.60. The molecule has 3 atom stereocenters. The van der Waals surface area contributed by atoms with Crippen LogP contribution in [0.1, 0.15) is 11.5 Å². The van der Waals surface area contributed by atoms with Gasteiger partial charge in [0.2, 0.25) is 6.79 Å². The van der Waals surface area contributed by atoms with E-state index in [2.05, 4.69) is 0 Å². The number of hydrogen-bond donors (Lipinski definition) is 2. The highest BCUT2D eigenvalue weighted by molar-refractivity contribution is 7.92. The summed E-state index contributed by atoms with van der Waals surface area (Å²) < 4.78 is 36.6. The average Bonchev–Trinajstić information content (AvgIpc) is 2.99. The standard InChI is InChI=1S/C17H16ClNO5S/c18-11-2-4-12(5-3-11)25(21,22)16-15(17(16,19)8-20)10-1-6-13-14(7-10)24-9-23-13/h1-7,15-16,20H,8-9,19H2/t15-,16-,17-/m1/s1. The van der Waals surface area contributed by atoms with Gasteiger partial charge in [0.1, 0.15) is 0 Å². The molecule has 2 aromatic rings. The Morgan fingerprint density at radius 1 is 1.16 bits per heavy atom. The zero-order chi connectivity index (χ0) is 17.8. The summed E-state index contributed by atoms with van der Waals surface area (Å²) in [5.74, 6) is 0.619. The molecular formula is C17H16ClNO5S. The number of benzene rings is 2. The van der Waals surface area contributed by atoms with Gasteiger partial charge in [0.05, 0.1) is 22.3 Å². The molecule has 2 aliphatic rings. The maximum atomic E-state index is 13.0. The lowest BCUT2D eigenvalue weighted by atomic mass is 10.1. The van der Waals surface area contributed by atoms with Gasteiger partial charge in [-0.05, 0) is 42.0 Å². The van der Waals surface area contributed by atoms with Gasteiger partial charge in [0.25, 0.3) is 0 Å². The number of aliphatic hydroxyl groups excluding tert-OH is 1. The highest BCUT2D eigenvalue weighted by Gasteiger charge is 2.69. The summed E-state index contributed by atoms with van der Waals surface area (Å²) in [4.78, 5) is 0.133. The number of rotatable bonds is 4. The molecule has 1 saturated carbocycles. The number of fused-ring (bicyclic) bond motifs is 1. The predicted octanol–water partition coefficient (Wildman–Crippen LogP) is 1.70. The number of sulfone groups is 1. The van der Waals surface area contributed by atoms with Crippen LogP contribution >= 0.6 is 11.6 Å². The van der Waals surface area contributed by atoms with E-state index in [0.29, 0.717) is 22.1 Å².